The zero-order valence-electron chi connectivity index (χ0n) is 7.97. The third-order valence-corrected chi connectivity index (χ3v) is 2.51. The maximum atomic E-state index is 12.3. The van der Waals surface area contributed by atoms with Gasteiger partial charge in [-0.1, -0.05) is 11.6 Å². The van der Waals surface area contributed by atoms with Crippen molar-refractivity contribution in [2.75, 3.05) is 11.0 Å². The summed E-state index contributed by atoms with van der Waals surface area (Å²) in [6, 6.07) is 2.40. The zero-order valence-corrected chi connectivity index (χ0v) is 9.54. The van der Waals surface area contributed by atoms with Crippen molar-refractivity contribution in [3.8, 4) is 0 Å². The van der Waals surface area contributed by atoms with Crippen LogP contribution in [0.2, 0.25) is 5.02 Å². The van der Waals surface area contributed by atoms with Gasteiger partial charge in [-0.3, -0.25) is 4.72 Å². The number of anilines is 1. The summed E-state index contributed by atoms with van der Waals surface area (Å²) in [7, 11) is -3.66. The van der Waals surface area contributed by atoms with Crippen molar-refractivity contribution in [2.24, 2.45) is 0 Å². The monoisotopic (exact) mass is 273 g/mol. The highest BCUT2D eigenvalue weighted by molar-refractivity contribution is 7.92. The Hall–Kier alpha value is -0.950. The van der Waals surface area contributed by atoms with Gasteiger partial charge in [0.25, 0.3) is 0 Å². The van der Waals surface area contributed by atoms with Crippen molar-refractivity contribution in [2.45, 2.75) is 6.18 Å². The van der Waals surface area contributed by atoms with Crippen molar-refractivity contribution >= 4 is 27.3 Å². The molecule has 0 unspecified atom stereocenters. The summed E-state index contributed by atoms with van der Waals surface area (Å²) >= 11 is 5.56. The fourth-order valence-electron chi connectivity index (χ4n) is 0.980. The van der Waals surface area contributed by atoms with E-state index in [0.717, 1.165) is 18.4 Å². The quantitative estimate of drug-likeness (QED) is 0.900. The first-order valence-corrected chi connectivity index (χ1v) is 6.21. The van der Waals surface area contributed by atoms with E-state index < -0.39 is 21.8 Å². The number of alkyl halides is 3. The van der Waals surface area contributed by atoms with Gasteiger partial charge in [0.1, 0.15) is 0 Å². The molecule has 0 aliphatic rings. The summed E-state index contributed by atoms with van der Waals surface area (Å²) in [6.07, 6.45) is -3.72. The second kappa shape index (κ2) is 4.14. The molecular weight excluding hydrogens is 267 g/mol. The average Bonchev–Trinajstić information content (AvgIpc) is 2.04. The largest absolute Gasteiger partial charge is 0.416 e. The minimum atomic E-state index is -4.54. The first kappa shape index (κ1) is 13.1. The van der Waals surface area contributed by atoms with Gasteiger partial charge in [0.15, 0.2) is 0 Å². The number of sulfonamides is 1. The van der Waals surface area contributed by atoms with Crippen molar-refractivity contribution in [1.82, 2.24) is 0 Å². The second-order valence-corrected chi connectivity index (χ2v) is 5.22. The number of halogens is 4. The van der Waals surface area contributed by atoms with Crippen LogP contribution in [0.1, 0.15) is 5.56 Å². The van der Waals surface area contributed by atoms with Gasteiger partial charge in [0.2, 0.25) is 10.0 Å². The Labute approximate surface area is 95.3 Å². The van der Waals surface area contributed by atoms with Crippen LogP contribution in [0, 0.1) is 0 Å². The molecule has 0 atom stereocenters. The molecular formula is C8H7ClF3NO2S. The molecule has 0 fully saturated rings. The van der Waals surface area contributed by atoms with Crippen LogP contribution in [0.3, 0.4) is 0 Å². The van der Waals surface area contributed by atoms with Gasteiger partial charge in [0, 0.05) is 0 Å². The Morgan fingerprint density at radius 3 is 2.31 bits per heavy atom. The lowest BCUT2D eigenvalue weighted by Crippen LogP contribution is -2.12. The highest BCUT2D eigenvalue weighted by atomic mass is 35.5. The number of rotatable bonds is 2. The standard InChI is InChI=1S/C8H7ClF3NO2S/c1-16(14,15)13-7-4-5(8(10,11)12)2-3-6(7)9/h2-4,13H,1H3. The average molecular weight is 274 g/mol. The lowest BCUT2D eigenvalue weighted by atomic mass is 10.2. The van der Waals surface area contributed by atoms with Crippen LogP contribution in [-0.4, -0.2) is 14.7 Å². The molecule has 0 saturated carbocycles. The van der Waals surface area contributed by atoms with Crippen LogP contribution in [0.5, 0.6) is 0 Å². The minimum absolute atomic E-state index is 0.0987. The molecule has 0 aliphatic carbocycles. The molecule has 1 aromatic carbocycles. The van der Waals surface area contributed by atoms with Gasteiger partial charge < -0.3 is 0 Å². The van der Waals surface area contributed by atoms with Gasteiger partial charge in [-0.15, -0.1) is 0 Å². The molecule has 0 spiro atoms. The van der Waals surface area contributed by atoms with Crippen LogP contribution >= 0.6 is 11.6 Å². The predicted octanol–water partition coefficient (Wildman–Crippen LogP) is 2.73. The molecule has 16 heavy (non-hydrogen) atoms. The maximum Gasteiger partial charge on any atom is 0.416 e. The van der Waals surface area contributed by atoms with Crippen LogP contribution in [-0.2, 0) is 16.2 Å². The van der Waals surface area contributed by atoms with E-state index in [-0.39, 0.29) is 10.7 Å². The molecule has 0 amide bonds. The fraction of sp³-hybridized carbons (Fsp3) is 0.250. The lowest BCUT2D eigenvalue weighted by Gasteiger charge is -2.11. The lowest BCUT2D eigenvalue weighted by molar-refractivity contribution is -0.137. The van der Waals surface area contributed by atoms with E-state index in [2.05, 4.69) is 0 Å². The van der Waals surface area contributed by atoms with E-state index in [1.807, 2.05) is 4.72 Å². The summed E-state index contributed by atoms with van der Waals surface area (Å²) < 4.78 is 60.6. The summed E-state index contributed by atoms with van der Waals surface area (Å²) in [6.45, 7) is 0. The van der Waals surface area contributed by atoms with Crippen LogP contribution < -0.4 is 4.72 Å². The van der Waals surface area contributed by atoms with E-state index in [9.17, 15) is 21.6 Å². The van der Waals surface area contributed by atoms with Crippen LogP contribution in [0.15, 0.2) is 18.2 Å². The highest BCUT2D eigenvalue weighted by Crippen LogP contribution is 2.33. The molecule has 0 radical (unpaired) electrons. The third kappa shape index (κ3) is 3.57. The predicted molar refractivity (Wildman–Crippen MR) is 54.9 cm³/mol. The Balaban J connectivity index is 3.20. The molecule has 1 aromatic rings. The topological polar surface area (TPSA) is 46.2 Å². The molecule has 0 bridgehead atoms. The molecule has 8 heteroatoms. The van der Waals surface area contributed by atoms with Gasteiger partial charge in [-0.2, -0.15) is 13.2 Å². The summed E-state index contributed by atoms with van der Waals surface area (Å²) in [5.74, 6) is 0. The van der Waals surface area contributed by atoms with E-state index in [1.165, 1.54) is 0 Å². The van der Waals surface area contributed by atoms with Crippen molar-refractivity contribution < 1.29 is 21.6 Å². The van der Waals surface area contributed by atoms with Crippen LogP contribution in [0.4, 0.5) is 18.9 Å². The third-order valence-electron chi connectivity index (χ3n) is 1.59. The summed E-state index contributed by atoms with van der Waals surface area (Å²) in [4.78, 5) is 0. The van der Waals surface area contributed by atoms with Crippen molar-refractivity contribution in [3.63, 3.8) is 0 Å². The minimum Gasteiger partial charge on any atom is -0.282 e. The fourth-order valence-corrected chi connectivity index (χ4v) is 1.77. The molecule has 90 valence electrons. The molecule has 1 N–H and O–H groups in total. The molecule has 0 saturated heterocycles. The van der Waals surface area contributed by atoms with Gasteiger partial charge >= 0.3 is 6.18 Å². The smallest absolute Gasteiger partial charge is 0.282 e. The molecule has 1 rings (SSSR count). The summed E-state index contributed by atoms with van der Waals surface area (Å²) in [5, 5.41) is -0.0987. The van der Waals surface area contributed by atoms with Crippen molar-refractivity contribution in [1.29, 1.82) is 0 Å². The summed E-state index contributed by atoms with van der Waals surface area (Å²) in [5.41, 5.74) is -1.26. The SMILES string of the molecule is CS(=O)(=O)Nc1cc(C(F)(F)F)ccc1Cl. The van der Waals surface area contributed by atoms with E-state index in [0.29, 0.717) is 6.07 Å². The van der Waals surface area contributed by atoms with Gasteiger partial charge in [-0.25, -0.2) is 8.42 Å². The maximum absolute atomic E-state index is 12.3. The Bertz CT molecular complexity index is 498. The van der Waals surface area contributed by atoms with E-state index >= 15 is 0 Å². The first-order chi connectivity index (χ1) is 7.09. The Morgan fingerprint density at radius 1 is 1.31 bits per heavy atom. The molecule has 0 aromatic heterocycles. The van der Waals surface area contributed by atoms with E-state index in [1.54, 1.807) is 0 Å². The normalized spacial score (nSPS) is 12.6. The first-order valence-electron chi connectivity index (χ1n) is 3.94. The Kier molecular flexibility index (Phi) is 3.39. The second-order valence-electron chi connectivity index (χ2n) is 3.07. The van der Waals surface area contributed by atoms with Crippen LogP contribution in [0.25, 0.3) is 0 Å². The van der Waals surface area contributed by atoms with Crippen molar-refractivity contribution in [3.05, 3.63) is 28.8 Å². The number of hydrogen-bond donors (Lipinski definition) is 1. The number of hydrogen-bond acceptors (Lipinski definition) is 2. The molecule has 3 nitrogen and oxygen atoms in total. The molecule has 0 heterocycles. The highest BCUT2D eigenvalue weighted by Gasteiger charge is 2.31. The van der Waals surface area contributed by atoms with E-state index in [4.69, 9.17) is 11.6 Å². The number of benzene rings is 1. The Morgan fingerprint density at radius 2 is 1.88 bits per heavy atom. The van der Waals surface area contributed by atoms with Gasteiger partial charge in [-0.05, 0) is 18.2 Å². The number of nitrogens with one attached hydrogen (secondary N) is 1. The molecule has 0 aliphatic heterocycles. The van der Waals surface area contributed by atoms with Gasteiger partial charge in [0.05, 0.1) is 22.5 Å². The zero-order chi connectivity index (χ0) is 12.6.